The number of nitrogens with zero attached hydrogens (tertiary/aromatic N) is 5. The summed E-state index contributed by atoms with van der Waals surface area (Å²) in [6.45, 7) is 7.51. The zero-order valence-corrected chi connectivity index (χ0v) is 18.9. The van der Waals surface area contributed by atoms with Gasteiger partial charge in [-0.25, -0.2) is 4.98 Å². The van der Waals surface area contributed by atoms with Crippen molar-refractivity contribution in [3.63, 3.8) is 0 Å². The van der Waals surface area contributed by atoms with Crippen LogP contribution in [-0.4, -0.2) is 44.1 Å². The number of nitrogens with one attached hydrogen (secondary N) is 1. The summed E-state index contributed by atoms with van der Waals surface area (Å²) < 4.78 is 5.62. The highest BCUT2D eigenvalue weighted by Gasteiger charge is 2.26. The summed E-state index contributed by atoms with van der Waals surface area (Å²) in [7, 11) is 0. The number of likely N-dealkylation sites (tertiary alicyclic amines) is 1. The summed E-state index contributed by atoms with van der Waals surface area (Å²) in [6.07, 6.45) is 6.48. The van der Waals surface area contributed by atoms with Gasteiger partial charge in [0.15, 0.2) is 0 Å². The van der Waals surface area contributed by atoms with E-state index in [0.29, 0.717) is 31.2 Å². The fourth-order valence-electron chi connectivity index (χ4n) is 3.89. The van der Waals surface area contributed by atoms with Gasteiger partial charge in [0.25, 0.3) is 0 Å². The number of aromatic nitrogens is 4. The molecule has 0 bridgehead atoms. The number of pyridine rings is 2. The number of anilines is 2. The van der Waals surface area contributed by atoms with E-state index in [1.165, 1.54) is 0 Å². The Hall–Kier alpha value is -3.29. The Balaban J connectivity index is 1.32. The van der Waals surface area contributed by atoms with Gasteiger partial charge in [-0.1, -0.05) is 19.9 Å². The van der Waals surface area contributed by atoms with Crippen LogP contribution in [0.5, 0.6) is 0 Å². The molecule has 4 rings (SSSR count). The van der Waals surface area contributed by atoms with Gasteiger partial charge in [0, 0.05) is 49.7 Å². The van der Waals surface area contributed by atoms with Gasteiger partial charge in [0.1, 0.15) is 5.82 Å². The summed E-state index contributed by atoms with van der Waals surface area (Å²) in [5.74, 6) is 2.54. The minimum atomic E-state index is 0.128. The average molecular weight is 435 g/mol. The van der Waals surface area contributed by atoms with Crippen molar-refractivity contribution in [1.29, 1.82) is 0 Å². The molecule has 1 unspecified atom stereocenters. The summed E-state index contributed by atoms with van der Waals surface area (Å²) in [5.41, 5.74) is 3.00. The first-order chi connectivity index (χ1) is 15.5. The van der Waals surface area contributed by atoms with E-state index >= 15 is 0 Å². The van der Waals surface area contributed by atoms with Crippen LogP contribution < -0.4 is 5.32 Å². The molecule has 0 spiro atoms. The molecule has 0 aromatic carbocycles. The minimum Gasteiger partial charge on any atom is -0.425 e. The lowest BCUT2D eigenvalue weighted by molar-refractivity contribution is -0.132. The highest BCUT2D eigenvalue weighted by Crippen LogP contribution is 2.27. The highest BCUT2D eigenvalue weighted by molar-refractivity contribution is 5.76. The molecule has 1 aliphatic rings. The second-order valence-electron chi connectivity index (χ2n) is 8.63. The van der Waals surface area contributed by atoms with Crippen LogP contribution in [0.3, 0.4) is 0 Å². The van der Waals surface area contributed by atoms with Gasteiger partial charge in [-0.2, -0.15) is 0 Å². The van der Waals surface area contributed by atoms with Gasteiger partial charge in [0.05, 0.1) is 11.9 Å². The van der Waals surface area contributed by atoms with Crippen molar-refractivity contribution < 1.29 is 9.21 Å². The number of carbonyl (C=O) groups excluding carboxylic acids is 1. The van der Waals surface area contributed by atoms with Crippen LogP contribution in [0.4, 0.5) is 11.5 Å². The lowest BCUT2D eigenvalue weighted by Gasteiger charge is -2.32. The highest BCUT2D eigenvalue weighted by atomic mass is 16.4. The number of piperidine rings is 1. The molecule has 8 nitrogen and oxygen atoms in total. The predicted octanol–water partition coefficient (Wildman–Crippen LogP) is 4.37. The van der Waals surface area contributed by atoms with Gasteiger partial charge in [-0.15, -0.1) is 10.2 Å². The van der Waals surface area contributed by atoms with E-state index in [9.17, 15) is 4.79 Å². The molecule has 1 saturated heterocycles. The first-order valence-corrected chi connectivity index (χ1v) is 11.2. The molecule has 0 radical (unpaired) electrons. The van der Waals surface area contributed by atoms with Crippen molar-refractivity contribution in [3.8, 4) is 0 Å². The topological polar surface area (TPSA) is 97.0 Å². The summed E-state index contributed by atoms with van der Waals surface area (Å²) in [6, 6.07) is 8.01. The van der Waals surface area contributed by atoms with Crippen LogP contribution in [0.25, 0.3) is 0 Å². The van der Waals surface area contributed by atoms with Crippen LogP contribution in [0, 0.1) is 6.92 Å². The Labute approximate surface area is 188 Å². The van der Waals surface area contributed by atoms with Crippen molar-refractivity contribution in [3.05, 3.63) is 59.7 Å². The molecule has 4 heterocycles. The van der Waals surface area contributed by atoms with E-state index in [0.717, 1.165) is 42.1 Å². The van der Waals surface area contributed by atoms with Gasteiger partial charge < -0.3 is 14.6 Å². The maximum absolute atomic E-state index is 12.8. The molecule has 1 aliphatic heterocycles. The molecule has 1 fully saturated rings. The second-order valence-corrected chi connectivity index (χ2v) is 8.63. The van der Waals surface area contributed by atoms with Crippen molar-refractivity contribution in [1.82, 2.24) is 25.1 Å². The average Bonchev–Trinajstić information content (AvgIpc) is 3.29. The van der Waals surface area contributed by atoms with E-state index in [2.05, 4.69) is 25.5 Å². The Morgan fingerprint density at radius 2 is 2.12 bits per heavy atom. The number of hydrogen-bond acceptors (Lipinski definition) is 7. The molecule has 3 aromatic rings. The Morgan fingerprint density at radius 3 is 2.84 bits per heavy atom. The Morgan fingerprint density at radius 1 is 1.25 bits per heavy atom. The molecule has 1 N–H and O–H groups in total. The molecule has 8 heteroatoms. The third-order valence-electron chi connectivity index (χ3n) is 5.78. The van der Waals surface area contributed by atoms with Crippen molar-refractivity contribution in [2.24, 2.45) is 0 Å². The number of rotatable bonds is 7. The summed E-state index contributed by atoms with van der Waals surface area (Å²) in [4.78, 5) is 23.8. The molecular weight excluding hydrogens is 404 g/mol. The molecule has 1 atom stereocenters. The largest absolute Gasteiger partial charge is 0.425 e. The number of hydrogen-bond donors (Lipinski definition) is 1. The van der Waals surface area contributed by atoms with Crippen LogP contribution in [0.15, 0.2) is 41.1 Å². The first-order valence-electron chi connectivity index (χ1n) is 11.2. The second kappa shape index (κ2) is 9.89. The zero-order valence-electron chi connectivity index (χ0n) is 18.9. The maximum atomic E-state index is 12.8. The minimum absolute atomic E-state index is 0.128. The molecule has 0 aliphatic carbocycles. The van der Waals surface area contributed by atoms with Gasteiger partial charge >= 0.3 is 0 Å². The quantitative estimate of drug-likeness (QED) is 0.589. The third-order valence-corrected chi connectivity index (χ3v) is 5.78. The normalized spacial score (nSPS) is 16.4. The third kappa shape index (κ3) is 5.30. The maximum Gasteiger partial charge on any atom is 0.223 e. The van der Waals surface area contributed by atoms with Gasteiger partial charge in [-0.3, -0.25) is 9.78 Å². The lowest BCUT2D eigenvalue weighted by Crippen LogP contribution is -2.39. The van der Waals surface area contributed by atoms with E-state index in [1.807, 2.05) is 56.1 Å². The molecule has 168 valence electrons. The monoisotopic (exact) mass is 434 g/mol. The molecule has 3 aromatic heterocycles. The van der Waals surface area contributed by atoms with Crippen LogP contribution >= 0.6 is 0 Å². The Bertz CT molecular complexity index is 1050. The number of aryl methyl sites for hydroxylation is 2. The summed E-state index contributed by atoms with van der Waals surface area (Å²) in [5, 5.41) is 11.4. The Kier molecular flexibility index (Phi) is 6.78. The fourth-order valence-corrected chi connectivity index (χ4v) is 3.89. The van der Waals surface area contributed by atoms with Gasteiger partial charge in [-0.05, 0) is 43.5 Å². The van der Waals surface area contributed by atoms with E-state index in [4.69, 9.17) is 4.42 Å². The lowest BCUT2D eigenvalue weighted by atomic mass is 9.94. The van der Waals surface area contributed by atoms with Crippen LogP contribution in [-0.2, 0) is 11.2 Å². The van der Waals surface area contributed by atoms with E-state index < -0.39 is 0 Å². The van der Waals surface area contributed by atoms with Crippen LogP contribution in [0.2, 0.25) is 0 Å². The molecule has 0 saturated carbocycles. The predicted molar refractivity (Wildman–Crippen MR) is 122 cm³/mol. The fraction of sp³-hybridized carbons (Fsp3) is 0.458. The number of amides is 1. The standard InChI is InChI=1S/C24H30N6O2/c1-16(2)24-29-28-21(32-24)10-11-22(31)30-13-5-7-18(15-30)20-9-8-19(14-26-20)27-23-17(3)6-4-12-25-23/h4,6,8-9,12,14,16,18H,5,7,10-11,13,15H2,1-3H3,(H,25,27). The SMILES string of the molecule is Cc1cccnc1Nc1ccc(C2CCCN(C(=O)CCc3nnc(C(C)C)o3)C2)nc1. The number of carbonyl (C=O) groups is 1. The summed E-state index contributed by atoms with van der Waals surface area (Å²) >= 11 is 0. The van der Waals surface area contributed by atoms with Crippen molar-refractivity contribution >= 4 is 17.4 Å². The van der Waals surface area contributed by atoms with Crippen molar-refractivity contribution in [2.75, 3.05) is 18.4 Å². The van der Waals surface area contributed by atoms with E-state index in [-0.39, 0.29) is 17.7 Å². The van der Waals surface area contributed by atoms with E-state index in [1.54, 1.807) is 6.20 Å². The molecule has 32 heavy (non-hydrogen) atoms. The van der Waals surface area contributed by atoms with Crippen LogP contribution in [0.1, 0.15) is 68.0 Å². The van der Waals surface area contributed by atoms with Crippen molar-refractivity contribution in [2.45, 2.75) is 58.3 Å². The first kappa shape index (κ1) is 21.9. The zero-order chi connectivity index (χ0) is 22.5. The smallest absolute Gasteiger partial charge is 0.223 e. The molecule has 1 amide bonds. The van der Waals surface area contributed by atoms with Gasteiger partial charge in [0.2, 0.25) is 17.7 Å². The molecular formula is C24H30N6O2.